The van der Waals surface area contributed by atoms with Crippen molar-refractivity contribution in [3.05, 3.63) is 152 Å². The van der Waals surface area contributed by atoms with Crippen molar-refractivity contribution in [2.45, 2.75) is 0 Å². The summed E-state index contributed by atoms with van der Waals surface area (Å²) in [5, 5.41) is 6.82. The third kappa shape index (κ3) is 4.43. The zero-order valence-electron chi connectivity index (χ0n) is 24.2. The summed E-state index contributed by atoms with van der Waals surface area (Å²) in [5.74, 6) is 1.87. The zero-order chi connectivity index (χ0) is 29.7. The van der Waals surface area contributed by atoms with Gasteiger partial charge in [-0.3, -0.25) is 0 Å². The van der Waals surface area contributed by atoms with Gasteiger partial charge < -0.3 is 4.42 Å². The van der Waals surface area contributed by atoms with Crippen molar-refractivity contribution in [1.29, 1.82) is 0 Å². The first-order valence-corrected chi connectivity index (χ1v) is 15.0. The zero-order valence-corrected chi connectivity index (χ0v) is 24.2. The van der Waals surface area contributed by atoms with Gasteiger partial charge in [0, 0.05) is 27.5 Å². The third-order valence-corrected chi connectivity index (χ3v) is 8.49. The van der Waals surface area contributed by atoms with E-state index in [4.69, 9.17) is 19.4 Å². The lowest BCUT2D eigenvalue weighted by molar-refractivity contribution is 0.669. The number of benzene rings is 7. The van der Waals surface area contributed by atoms with Crippen LogP contribution in [0.3, 0.4) is 0 Å². The monoisotopic (exact) mass is 575 g/mol. The normalized spacial score (nSPS) is 11.6. The van der Waals surface area contributed by atoms with Gasteiger partial charge in [-0.2, -0.15) is 0 Å². The molecule has 9 rings (SSSR count). The lowest BCUT2D eigenvalue weighted by Gasteiger charge is -2.10. The fourth-order valence-corrected chi connectivity index (χ4v) is 6.24. The summed E-state index contributed by atoms with van der Waals surface area (Å²) < 4.78 is 6.18. The first-order chi connectivity index (χ1) is 22.3. The molecule has 45 heavy (non-hydrogen) atoms. The second kappa shape index (κ2) is 10.2. The van der Waals surface area contributed by atoms with Crippen LogP contribution in [-0.2, 0) is 0 Å². The second-order valence-corrected chi connectivity index (χ2v) is 11.3. The molecule has 4 heteroatoms. The third-order valence-electron chi connectivity index (χ3n) is 8.49. The molecule has 0 aliphatic rings. The highest BCUT2D eigenvalue weighted by atomic mass is 16.3. The summed E-state index contributed by atoms with van der Waals surface area (Å²) in [4.78, 5) is 15.1. The maximum Gasteiger partial charge on any atom is 0.164 e. The van der Waals surface area contributed by atoms with Crippen molar-refractivity contribution in [2.24, 2.45) is 0 Å². The van der Waals surface area contributed by atoms with Gasteiger partial charge in [-0.1, -0.05) is 121 Å². The number of nitrogens with zero attached hydrogens (tertiary/aromatic N) is 3. The minimum atomic E-state index is 0.614. The molecular weight excluding hydrogens is 550 g/mol. The smallest absolute Gasteiger partial charge is 0.164 e. The number of fused-ring (bicyclic) bond motifs is 5. The van der Waals surface area contributed by atoms with Gasteiger partial charge in [0.15, 0.2) is 17.5 Å². The first-order valence-electron chi connectivity index (χ1n) is 15.0. The lowest BCUT2D eigenvalue weighted by Crippen LogP contribution is -2.00. The topological polar surface area (TPSA) is 51.8 Å². The van der Waals surface area contributed by atoms with Crippen LogP contribution in [0.4, 0.5) is 0 Å². The average Bonchev–Trinajstić information content (AvgIpc) is 3.50. The molecule has 210 valence electrons. The Labute approximate surface area is 259 Å². The fraction of sp³-hybridized carbons (Fsp3) is 0. The second-order valence-electron chi connectivity index (χ2n) is 11.3. The van der Waals surface area contributed by atoms with Gasteiger partial charge >= 0.3 is 0 Å². The highest BCUT2D eigenvalue weighted by Crippen LogP contribution is 2.37. The number of aromatic nitrogens is 3. The van der Waals surface area contributed by atoms with Gasteiger partial charge in [0.25, 0.3) is 0 Å². The Kier molecular flexibility index (Phi) is 5.78. The van der Waals surface area contributed by atoms with E-state index in [1.807, 2.05) is 60.7 Å². The van der Waals surface area contributed by atoms with E-state index in [0.717, 1.165) is 49.4 Å². The van der Waals surface area contributed by atoms with Crippen LogP contribution in [0.5, 0.6) is 0 Å². The van der Waals surface area contributed by atoms with Crippen molar-refractivity contribution in [3.8, 4) is 45.3 Å². The number of para-hydroxylation sites is 1. The Balaban J connectivity index is 1.19. The van der Waals surface area contributed by atoms with E-state index in [1.165, 1.54) is 21.9 Å². The summed E-state index contributed by atoms with van der Waals surface area (Å²) >= 11 is 0. The molecule has 0 aliphatic heterocycles. The molecule has 0 unspecified atom stereocenters. The van der Waals surface area contributed by atoms with E-state index >= 15 is 0 Å². The van der Waals surface area contributed by atoms with Crippen molar-refractivity contribution in [2.75, 3.05) is 0 Å². The minimum Gasteiger partial charge on any atom is -0.456 e. The van der Waals surface area contributed by atoms with Crippen molar-refractivity contribution >= 4 is 43.5 Å². The predicted molar refractivity (Wildman–Crippen MR) is 184 cm³/mol. The molecule has 0 amide bonds. The maximum atomic E-state index is 6.18. The van der Waals surface area contributed by atoms with Crippen LogP contribution in [-0.4, -0.2) is 15.0 Å². The fourth-order valence-electron chi connectivity index (χ4n) is 6.24. The van der Waals surface area contributed by atoms with Gasteiger partial charge in [-0.05, 0) is 63.0 Å². The van der Waals surface area contributed by atoms with E-state index in [-0.39, 0.29) is 0 Å². The van der Waals surface area contributed by atoms with Gasteiger partial charge in [0.1, 0.15) is 11.2 Å². The van der Waals surface area contributed by atoms with Gasteiger partial charge in [0.05, 0.1) is 0 Å². The van der Waals surface area contributed by atoms with Crippen LogP contribution < -0.4 is 0 Å². The molecule has 4 nitrogen and oxygen atoms in total. The van der Waals surface area contributed by atoms with Crippen LogP contribution in [0.25, 0.3) is 88.8 Å². The van der Waals surface area contributed by atoms with Crippen LogP contribution in [0, 0.1) is 0 Å². The Hall–Kier alpha value is -6.13. The van der Waals surface area contributed by atoms with Crippen molar-refractivity contribution in [1.82, 2.24) is 15.0 Å². The molecular formula is C41H25N3O. The highest BCUT2D eigenvalue weighted by molar-refractivity contribution is 6.11. The molecule has 0 aliphatic carbocycles. The molecule has 0 fully saturated rings. The van der Waals surface area contributed by atoms with E-state index in [9.17, 15) is 0 Å². The largest absolute Gasteiger partial charge is 0.456 e. The van der Waals surface area contributed by atoms with Crippen LogP contribution in [0.15, 0.2) is 156 Å². The number of hydrogen-bond donors (Lipinski definition) is 0. The van der Waals surface area contributed by atoms with Crippen LogP contribution in [0.1, 0.15) is 0 Å². The molecule has 0 spiro atoms. The summed E-state index contributed by atoms with van der Waals surface area (Å²) in [7, 11) is 0. The Morgan fingerprint density at radius 2 is 0.911 bits per heavy atom. The van der Waals surface area contributed by atoms with Crippen molar-refractivity contribution < 1.29 is 4.42 Å². The summed E-state index contributed by atoms with van der Waals surface area (Å²) in [5.41, 5.74) is 6.84. The number of furan rings is 1. The molecule has 2 aromatic heterocycles. The maximum absolute atomic E-state index is 6.18. The molecule has 7 aromatic carbocycles. The molecule has 0 N–H and O–H groups in total. The van der Waals surface area contributed by atoms with Crippen LogP contribution >= 0.6 is 0 Å². The van der Waals surface area contributed by atoms with E-state index in [2.05, 4.69) is 91.0 Å². The molecule has 0 atom stereocenters. The predicted octanol–water partition coefficient (Wildman–Crippen LogP) is 10.7. The summed E-state index contributed by atoms with van der Waals surface area (Å²) in [6.45, 7) is 0. The molecule has 2 heterocycles. The average molecular weight is 576 g/mol. The molecule has 0 bridgehead atoms. The molecule has 0 radical (unpaired) electrons. The Morgan fingerprint density at radius 1 is 0.356 bits per heavy atom. The number of hydrogen-bond acceptors (Lipinski definition) is 4. The van der Waals surface area contributed by atoms with Gasteiger partial charge in [0.2, 0.25) is 0 Å². The molecule has 0 saturated carbocycles. The van der Waals surface area contributed by atoms with E-state index in [1.54, 1.807) is 0 Å². The summed E-state index contributed by atoms with van der Waals surface area (Å²) in [6.07, 6.45) is 0. The van der Waals surface area contributed by atoms with E-state index < -0.39 is 0 Å². The Bertz CT molecular complexity index is 2550. The lowest BCUT2D eigenvalue weighted by atomic mass is 9.98. The standard InChI is InChI=1S/C41H25N3O/c1-2-10-27(11-3-1)39-42-40(44-41(43-39)35-14-8-16-37-38(35)34-13-6-7-15-36(34)45-37)33-22-21-31-24-30(19-20-32(31)25-33)29-18-17-26-9-4-5-12-28(26)23-29/h1-25H. The first kappa shape index (κ1) is 25.4. The minimum absolute atomic E-state index is 0.614. The molecule has 9 aromatic rings. The quantitative estimate of drug-likeness (QED) is 0.209. The van der Waals surface area contributed by atoms with Crippen molar-refractivity contribution in [3.63, 3.8) is 0 Å². The van der Waals surface area contributed by atoms with Gasteiger partial charge in [-0.25, -0.2) is 15.0 Å². The van der Waals surface area contributed by atoms with E-state index in [0.29, 0.717) is 17.5 Å². The van der Waals surface area contributed by atoms with Crippen LogP contribution in [0.2, 0.25) is 0 Å². The SMILES string of the molecule is c1ccc(-c2nc(-c3ccc4cc(-c5ccc6ccccc6c5)ccc4c3)nc(-c3cccc4oc5ccccc5c34)n2)cc1. The molecule has 0 saturated heterocycles. The van der Waals surface area contributed by atoms with Gasteiger partial charge in [-0.15, -0.1) is 0 Å². The highest BCUT2D eigenvalue weighted by Gasteiger charge is 2.17. The Morgan fingerprint density at radius 3 is 1.71 bits per heavy atom. The number of rotatable bonds is 4. The summed E-state index contributed by atoms with van der Waals surface area (Å²) in [6, 6.07) is 52.4.